The number of anilines is 1. The van der Waals surface area contributed by atoms with Crippen LogP contribution in [0, 0.1) is 22.9 Å². The van der Waals surface area contributed by atoms with Crippen molar-refractivity contribution in [1.82, 2.24) is 0 Å². The number of aryl methyl sites for hydroxylation is 1. The van der Waals surface area contributed by atoms with E-state index in [0.717, 1.165) is 11.1 Å². The molecule has 110 valence electrons. The highest BCUT2D eigenvalue weighted by atomic mass is 79.9. The van der Waals surface area contributed by atoms with Crippen molar-refractivity contribution in [2.75, 3.05) is 5.32 Å². The molecule has 2 aromatic rings. The lowest BCUT2D eigenvalue weighted by Gasteiger charge is -2.17. The Kier molecular flexibility index (Phi) is 4.57. The predicted molar refractivity (Wildman–Crippen MR) is 84.0 cm³/mol. The van der Waals surface area contributed by atoms with Gasteiger partial charge in [-0.3, -0.25) is 10.1 Å². The van der Waals surface area contributed by atoms with Crippen LogP contribution in [0.3, 0.4) is 0 Å². The Hall–Kier alpha value is -1.95. The fourth-order valence-corrected chi connectivity index (χ4v) is 2.78. The molecule has 0 aliphatic heterocycles. The molecule has 0 radical (unpaired) electrons. The van der Waals surface area contributed by atoms with Gasteiger partial charge >= 0.3 is 0 Å². The fourth-order valence-electron chi connectivity index (χ4n) is 2.09. The van der Waals surface area contributed by atoms with Crippen LogP contribution < -0.4 is 5.32 Å². The molecule has 2 aromatic carbocycles. The molecule has 1 unspecified atom stereocenters. The number of nitrogens with one attached hydrogen (secondary N) is 1. The maximum Gasteiger partial charge on any atom is 0.292 e. The second-order valence-corrected chi connectivity index (χ2v) is 5.66. The number of hydrogen-bond acceptors (Lipinski definition) is 3. The Morgan fingerprint density at radius 1 is 1.29 bits per heavy atom. The smallest absolute Gasteiger partial charge is 0.292 e. The number of rotatable bonds is 4. The molecule has 0 heterocycles. The summed E-state index contributed by atoms with van der Waals surface area (Å²) in [6.45, 7) is 3.73. The van der Waals surface area contributed by atoms with Gasteiger partial charge in [0, 0.05) is 16.6 Å². The van der Waals surface area contributed by atoms with Crippen LogP contribution in [0.1, 0.15) is 24.1 Å². The van der Waals surface area contributed by atoms with Crippen molar-refractivity contribution in [2.24, 2.45) is 0 Å². The van der Waals surface area contributed by atoms with Gasteiger partial charge in [0.2, 0.25) is 0 Å². The zero-order chi connectivity index (χ0) is 15.6. The first-order valence-electron chi connectivity index (χ1n) is 6.35. The largest absolute Gasteiger partial charge is 0.373 e. The lowest BCUT2D eigenvalue weighted by atomic mass is 10.1. The highest BCUT2D eigenvalue weighted by Gasteiger charge is 2.17. The van der Waals surface area contributed by atoms with E-state index < -0.39 is 4.92 Å². The van der Waals surface area contributed by atoms with E-state index in [9.17, 15) is 14.5 Å². The minimum atomic E-state index is -0.422. The molecule has 1 N–H and O–H groups in total. The molecule has 0 saturated carbocycles. The van der Waals surface area contributed by atoms with E-state index in [1.807, 2.05) is 13.8 Å². The Labute approximate surface area is 130 Å². The van der Waals surface area contributed by atoms with Gasteiger partial charge in [-0.05, 0) is 43.2 Å². The minimum absolute atomic E-state index is 0.0192. The first-order valence-corrected chi connectivity index (χ1v) is 7.14. The van der Waals surface area contributed by atoms with E-state index in [1.54, 1.807) is 18.2 Å². The fraction of sp³-hybridized carbons (Fsp3) is 0.200. The van der Waals surface area contributed by atoms with E-state index in [0.29, 0.717) is 10.2 Å². The summed E-state index contributed by atoms with van der Waals surface area (Å²) in [6, 6.07) is 9.08. The predicted octanol–water partition coefficient (Wildman–Crippen LogP) is 4.98. The Morgan fingerprint density at radius 2 is 2.00 bits per heavy atom. The van der Waals surface area contributed by atoms with Gasteiger partial charge in [-0.1, -0.05) is 28.1 Å². The topological polar surface area (TPSA) is 55.2 Å². The Balaban J connectivity index is 2.33. The lowest BCUT2D eigenvalue weighted by molar-refractivity contribution is -0.384. The second-order valence-electron chi connectivity index (χ2n) is 4.81. The molecule has 1 atom stereocenters. The van der Waals surface area contributed by atoms with Crippen LogP contribution in [0.25, 0.3) is 0 Å². The van der Waals surface area contributed by atoms with E-state index in [1.165, 1.54) is 18.2 Å². The standard InChI is InChI=1S/C15H14BrFN2O2/c1-9-3-6-15(19(20)21)14(7-9)18-10(2)12-5-4-11(17)8-13(12)16/h3-8,10,18H,1-2H3. The van der Waals surface area contributed by atoms with E-state index in [4.69, 9.17) is 0 Å². The highest BCUT2D eigenvalue weighted by Crippen LogP contribution is 2.31. The third-order valence-corrected chi connectivity index (χ3v) is 3.84. The molecule has 0 bridgehead atoms. The van der Waals surface area contributed by atoms with Crippen molar-refractivity contribution < 1.29 is 9.31 Å². The van der Waals surface area contributed by atoms with E-state index in [2.05, 4.69) is 21.2 Å². The normalized spacial score (nSPS) is 12.0. The Morgan fingerprint density at radius 3 is 2.62 bits per heavy atom. The summed E-state index contributed by atoms with van der Waals surface area (Å²) < 4.78 is 13.7. The summed E-state index contributed by atoms with van der Waals surface area (Å²) in [4.78, 5) is 10.6. The molecule has 0 amide bonds. The molecule has 4 nitrogen and oxygen atoms in total. The zero-order valence-corrected chi connectivity index (χ0v) is 13.1. The summed E-state index contributed by atoms with van der Waals surface area (Å²) in [7, 11) is 0. The number of nitro groups is 1. The molecule has 0 saturated heterocycles. The van der Waals surface area contributed by atoms with Crippen LogP contribution in [-0.2, 0) is 0 Å². The monoisotopic (exact) mass is 352 g/mol. The molecule has 0 spiro atoms. The van der Waals surface area contributed by atoms with Gasteiger partial charge < -0.3 is 5.32 Å². The van der Waals surface area contributed by atoms with Crippen LogP contribution >= 0.6 is 15.9 Å². The van der Waals surface area contributed by atoms with Crippen molar-refractivity contribution >= 4 is 27.3 Å². The van der Waals surface area contributed by atoms with Crippen LogP contribution in [0.2, 0.25) is 0 Å². The summed E-state index contributed by atoms with van der Waals surface area (Å²) in [5.74, 6) is -0.334. The van der Waals surface area contributed by atoms with Gasteiger partial charge in [0.15, 0.2) is 0 Å². The quantitative estimate of drug-likeness (QED) is 0.623. The maximum absolute atomic E-state index is 13.1. The van der Waals surface area contributed by atoms with E-state index >= 15 is 0 Å². The number of benzene rings is 2. The van der Waals surface area contributed by atoms with Gasteiger partial charge in [0.05, 0.1) is 4.92 Å². The third-order valence-electron chi connectivity index (χ3n) is 3.15. The van der Waals surface area contributed by atoms with E-state index in [-0.39, 0.29) is 17.5 Å². The molecule has 21 heavy (non-hydrogen) atoms. The third kappa shape index (κ3) is 3.58. The molecule has 0 aromatic heterocycles. The summed E-state index contributed by atoms with van der Waals surface area (Å²) in [6.07, 6.45) is 0. The first kappa shape index (κ1) is 15.4. The zero-order valence-electron chi connectivity index (χ0n) is 11.6. The van der Waals surface area contributed by atoms with Crippen LogP contribution in [-0.4, -0.2) is 4.92 Å². The van der Waals surface area contributed by atoms with Crippen LogP contribution in [0.5, 0.6) is 0 Å². The van der Waals surface area contributed by atoms with Crippen molar-refractivity contribution in [3.05, 3.63) is 67.9 Å². The summed E-state index contributed by atoms with van der Waals surface area (Å²) in [5.41, 5.74) is 2.22. The van der Waals surface area contributed by atoms with Crippen LogP contribution in [0.4, 0.5) is 15.8 Å². The van der Waals surface area contributed by atoms with Gasteiger partial charge in [-0.2, -0.15) is 0 Å². The molecule has 0 aliphatic carbocycles. The highest BCUT2D eigenvalue weighted by molar-refractivity contribution is 9.10. The molecule has 2 rings (SSSR count). The number of hydrogen-bond donors (Lipinski definition) is 1. The van der Waals surface area contributed by atoms with Crippen molar-refractivity contribution in [2.45, 2.75) is 19.9 Å². The number of nitro benzene ring substituents is 1. The Bertz CT molecular complexity index is 691. The maximum atomic E-state index is 13.1. The van der Waals surface area contributed by atoms with Crippen molar-refractivity contribution in [3.63, 3.8) is 0 Å². The van der Waals surface area contributed by atoms with Gasteiger partial charge in [-0.25, -0.2) is 4.39 Å². The van der Waals surface area contributed by atoms with Gasteiger partial charge in [0.1, 0.15) is 11.5 Å². The van der Waals surface area contributed by atoms with Crippen molar-refractivity contribution in [1.29, 1.82) is 0 Å². The SMILES string of the molecule is Cc1ccc([N+](=O)[O-])c(NC(C)c2ccc(F)cc2Br)c1. The average molecular weight is 353 g/mol. The first-order chi connectivity index (χ1) is 9.88. The second kappa shape index (κ2) is 6.22. The molecule has 0 fully saturated rings. The molecular formula is C15H14BrFN2O2. The van der Waals surface area contributed by atoms with Gasteiger partial charge in [-0.15, -0.1) is 0 Å². The molecule has 0 aliphatic rings. The minimum Gasteiger partial charge on any atom is -0.373 e. The summed E-state index contributed by atoms with van der Waals surface area (Å²) >= 11 is 3.31. The van der Waals surface area contributed by atoms with Crippen LogP contribution in [0.15, 0.2) is 40.9 Å². The average Bonchev–Trinajstić information content (AvgIpc) is 2.37. The lowest BCUT2D eigenvalue weighted by Crippen LogP contribution is -2.09. The van der Waals surface area contributed by atoms with Crippen molar-refractivity contribution in [3.8, 4) is 0 Å². The molecular weight excluding hydrogens is 339 g/mol. The number of halogens is 2. The van der Waals surface area contributed by atoms with Gasteiger partial charge in [0.25, 0.3) is 5.69 Å². The number of nitrogens with zero attached hydrogens (tertiary/aromatic N) is 1. The molecule has 6 heteroatoms. The summed E-state index contributed by atoms with van der Waals surface area (Å²) in [5, 5.41) is 14.2.